The minimum atomic E-state index is -0.807. The Morgan fingerprint density at radius 2 is 1.72 bits per heavy atom. The molecule has 0 bridgehead atoms. The fraction of sp³-hybridized carbons (Fsp3) is 0.273. The molecule has 0 unspecified atom stereocenters. The van der Waals surface area contributed by atoms with Gasteiger partial charge in [0.1, 0.15) is 5.82 Å². The van der Waals surface area contributed by atoms with Crippen molar-refractivity contribution in [2.75, 3.05) is 13.2 Å². The number of fused-ring (bicyclic) bond motifs is 1. The van der Waals surface area contributed by atoms with Gasteiger partial charge in [0.25, 0.3) is 11.8 Å². The summed E-state index contributed by atoms with van der Waals surface area (Å²) >= 11 is 0. The predicted octanol–water partition coefficient (Wildman–Crippen LogP) is 3.51. The number of imide groups is 1. The molecule has 150 valence electrons. The number of esters is 1. The minimum absolute atomic E-state index is 0.0580. The lowest BCUT2D eigenvalue weighted by molar-refractivity contribution is 0.0474. The second-order valence-corrected chi connectivity index (χ2v) is 7.21. The second-order valence-electron chi connectivity index (χ2n) is 7.21. The van der Waals surface area contributed by atoms with Crippen LogP contribution in [0.4, 0.5) is 4.39 Å². The third-order valence-electron chi connectivity index (χ3n) is 4.62. The van der Waals surface area contributed by atoms with Crippen LogP contribution in [0.25, 0.3) is 0 Å². The molecule has 2 aromatic rings. The van der Waals surface area contributed by atoms with Crippen molar-refractivity contribution in [3.63, 3.8) is 0 Å². The maximum atomic E-state index is 13.2. The maximum Gasteiger partial charge on any atom is 0.338 e. The zero-order valence-corrected chi connectivity index (χ0v) is 16.1. The Hall–Kier alpha value is -3.35. The number of nitrogens with zero attached hydrogens (tertiary/aromatic N) is 1. The first-order valence-electron chi connectivity index (χ1n) is 9.24. The lowest BCUT2D eigenvalue weighted by atomic mass is 10.1. The number of hydrogen-bond donors (Lipinski definition) is 0. The minimum Gasteiger partial charge on any atom is -0.454 e. The molecule has 0 radical (unpaired) electrons. The summed E-state index contributed by atoms with van der Waals surface area (Å²) in [5.74, 6) is -2.42. The van der Waals surface area contributed by atoms with Crippen LogP contribution in [0, 0.1) is 11.7 Å². The molecule has 6 nitrogen and oxygen atoms in total. The molecular formula is C22H20FNO5. The van der Waals surface area contributed by atoms with Crippen LogP contribution in [-0.4, -0.2) is 41.6 Å². The molecule has 2 amide bonds. The van der Waals surface area contributed by atoms with Crippen molar-refractivity contribution in [3.8, 4) is 0 Å². The third kappa shape index (κ3) is 4.39. The maximum absolute atomic E-state index is 13.2. The molecule has 1 heterocycles. The first-order valence-corrected chi connectivity index (χ1v) is 9.24. The molecule has 2 aromatic carbocycles. The summed E-state index contributed by atoms with van der Waals surface area (Å²) in [6, 6.07) is 9.17. The van der Waals surface area contributed by atoms with Gasteiger partial charge in [-0.25, -0.2) is 9.18 Å². The summed E-state index contributed by atoms with van der Waals surface area (Å²) < 4.78 is 18.2. The Balaban J connectivity index is 1.69. The third-order valence-corrected chi connectivity index (χ3v) is 4.62. The van der Waals surface area contributed by atoms with Gasteiger partial charge in [0.2, 0.25) is 0 Å². The van der Waals surface area contributed by atoms with Crippen molar-refractivity contribution in [1.82, 2.24) is 4.90 Å². The zero-order valence-electron chi connectivity index (χ0n) is 16.1. The van der Waals surface area contributed by atoms with Gasteiger partial charge in [-0.05, 0) is 42.7 Å². The number of halogens is 1. The van der Waals surface area contributed by atoms with Crippen molar-refractivity contribution in [2.24, 2.45) is 5.92 Å². The van der Waals surface area contributed by atoms with Crippen LogP contribution in [0.5, 0.6) is 0 Å². The molecule has 0 N–H and O–H groups in total. The van der Waals surface area contributed by atoms with Gasteiger partial charge in [0.05, 0.1) is 16.7 Å². The molecule has 7 heteroatoms. The van der Waals surface area contributed by atoms with Crippen LogP contribution in [-0.2, 0) is 4.74 Å². The van der Waals surface area contributed by atoms with Crippen molar-refractivity contribution >= 4 is 23.6 Å². The molecule has 3 rings (SSSR count). The van der Waals surface area contributed by atoms with Crippen LogP contribution >= 0.6 is 0 Å². The van der Waals surface area contributed by atoms with E-state index in [4.69, 9.17) is 4.74 Å². The highest BCUT2D eigenvalue weighted by molar-refractivity contribution is 6.22. The quantitative estimate of drug-likeness (QED) is 0.406. The predicted molar refractivity (Wildman–Crippen MR) is 102 cm³/mol. The molecular weight excluding hydrogens is 377 g/mol. The number of carbonyl (C=O) groups excluding carboxylic acids is 4. The van der Waals surface area contributed by atoms with E-state index in [1.54, 1.807) is 0 Å². The average Bonchev–Trinajstić information content (AvgIpc) is 2.93. The van der Waals surface area contributed by atoms with E-state index >= 15 is 0 Å². The van der Waals surface area contributed by atoms with Gasteiger partial charge in [-0.1, -0.05) is 26.0 Å². The van der Waals surface area contributed by atoms with Gasteiger partial charge < -0.3 is 4.74 Å². The highest BCUT2D eigenvalue weighted by Gasteiger charge is 2.35. The molecule has 29 heavy (non-hydrogen) atoms. The van der Waals surface area contributed by atoms with Crippen molar-refractivity contribution in [3.05, 3.63) is 70.5 Å². The highest BCUT2D eigenvalue weighted by atomic mass is 19.1. The number of Topliss-reactive ketones (excluding diaryl/α,β-unsaturated/α-hetero) is 1. The van der Waals surface area contributed by atoms with E-state index in [0.717, 1.165) is 6.07 Å². The normalized spacial score (nSPS) is 13.0. The standard InChI is InChI=1S/C22H20FNO5/c1-13(2)8-9-24-20(26)17-7-6-15(11-18(17)21(24)27)22(28)29-12-19(25)14-4-3-5-16(23)10-14/h3-7,10-11,13H,8-9,12H2,1-2H3. The number of hydrogen-bond acceptors (Lipinski definition) is 5. The fourth-order valence-corrected chi connectivity index (χ4v) is 2.97. The van der Waals surface area contributed by atoms with Gasteiger partial charge in [0, 0.05) is 12.1 Å². The Labute approximate surface area is 167 Å². The number of rotatable bonds is 7. The topological polar surface area (TPSA) is 80.8 Å². The summed E-state index contributed by atoms with van der Waals surface area (Å²) in [5, 5.41) is 0. The molecule has 0 saturated heterocycles. The van der Waals surface area contributed by atoms with Gasteiger partial charge in [0.15, 0.2) is 12.4 Å². The molecule has 0 atom stereocenters. The Morgan fingerprint density at radius 1 is 1.00 bits per heavy atom. The van der Waals surface area contributed by atoms with Crippen LogP contribution < -0.4 is 0 Å². The number of carbonyl (C=O) groups is 4. The second kappa shape index (κ2) is 8.34. The Kier molecular flexibility index (Phi) is 5.87. The van der Waals surface area contributed by atoms with E-state index in [0.29, 0.717) is 18.9 Å². The molecule has 1 aliphatic rings. The van der Waals surface area contributed by atoms with Gasteiger partial charge in [-0.15, -0.1) is 0 Å². The number of ether oxygens (including phenoxy) is 1. The van der Waals surface area contributed by atoms with Gasteiger partial charge >= 0.3 is 5.97 Å². The van der Waals surface area contributed by atoms with Crippen molar-refractivity contribution < 1.29 is 28.3 Å². The zero-order chi connectivity index (χ0) is 21.1. The monoisotopic (exact) mass is 397 g/mol. The molecule has 0 aliphatic carbocycles. The van der Waals surface area contributed by atoms with E-state index in [2.05, 4.69) is 0 Å². The van der Waals surface area contributed by atoms with Crippen LogP contribution in [0.1, 0.15) is 61.7 Å². The lowest BCUT2D eigenvalue weighted by Gasteiger charge is -2.14. The number of amides is 2. The molecule has 0 spiro atoms. The average molecular weight is 397 g/mol. The Morgan fingerprint density at radius 3 is 2.41 bits per heavy atom. The van der Waals surface area contributed by atoms with E-state index in [-0.39, 0.29) is 28.2 Å². The van der Waals surface area contributed by atoms with Gasteiger partial charge in [-0.3, -0.25) is 19.3 Å². The van der Waals surface area contributed by atoms with Gasteiger partial charge in [-0.2, -0.15) is 0 Å². The van der Waals surface area contributed by atoms with Crippen molar-refractivity contribution in [1.29, 1.82) is 0 Å². The summed E-state index contributed by atoms with van der Waals surface area (Å²) in [4.78, 5) is 50.4. The van der Waals surface area contributed by atoms with E-state index < -0.39 is 30.1 Å². The summed E-state index contributed by atoms with van der Waals surface area (Å²) in [6.45, 7) is 3.74. The fourth-order valence-electron chi connectivity index (χ4n) is 2.97. The Bertz CT molecular complexity index is 998. The first-order chi connectivity index (χ1) is 13.8. The summed E-state index contributed by atoms with van der Waals surface area (Å²) in [7, 11) is 0. The highest BCUT2D eigenvalue weighted by Crippen LogP contribution is 2.25. The molecule has 0 fully saturated rings. The van der Waals surface area contributed by atoms with Crippen LogP contribution in [0.2, 0.25) is 0 Å². The summed E-state index contributed by atoms with van der Waals surface area (Å²) in [5.41, 5.74) is 0.534. The molecule has 1 aliphatic heterocycles. The molecule has 0 aromatic heterocycles. The summed E-state index contributed by atoms with van der Waals surface area (Å²) in [6.07, 6.45) is 0.683. The first kappa shape index (κ1) is 20.4. The van der Waals surface area contributed by atoms with Crippen LogP contribution in [0.15, 0.2) is 42.5 Å². The smallest absolute Gasteiger partial charge is 0.338 e. The number of benzene rings is 2. The SMILES string of the molecule is CC(C)CCN1C(=O)c2ccc(C(=O)OCC(=O)c3cccc(F)c3)cc2C1=O. The van der Waals surface area contributed by atoms with Crippen LogP contribution in [0.3, 0.4) is 0 Å². The van der Waals surface area contributed by atoms with Crippen molar-refractivity contribution in [2.45, 2.75) is 20.3 Å². The molecule has 0 saturated carbocycles. The van der Waals surface area contributed by atoms with E-state index in [1.165, 1.54) is 41.3 Å². The van der Waals surface area contributed by atoms with E-state index in [1.807, 2.05) is 13.8 Å². The van der Waals surface area contributed by atoms with E-state index in [9.17, 15) is 23.6 Å². The number of ketones is 1. The lowest BCUT2D eigenvalue weighted by Crippen LogP contribution is -2.31. The largest absolute Gasteiger partial charge is 0.454 e.